The molecule has 2 heterocycles. The molecule has 1 saturated heterocycles. The van der Waals surface area contributed by atoms with Crippen molar-refractivity contribution in [3.05, 3.63) is 39.6 Å². The zero-order valence-corrected chi connectivity index (χ0v) is 17.5. The number of halogens is 1. The van der Waals surface area contributed by atoms with Crippen molar-refractivity contribution >= 4 is 23.1 Å². The van der Waals surface area contributed by atoms with Crippen molar-refractivity contribution in [2.75, 3.05) is 40.5 Å². The standard InChI is InChI=1S/C20H27ClN2O5/c1-13-12-16(21)14(2)11-15(13)17-18(24)20(5-7-22(27-4)8-6-20)23(19(17)25)28-10-9-26-3/h11-12,24H,5-10H2,1-4H3. The van der Waals surface area contributed by atoms with Crippen LogP contribution in [0.25, 0.3) is 5.57 Å². The van der Waals surface area contributed by atoms with Crippen molar-refractivity contribution in [3.8, 4) is 0 Å². The number of benzene rings is 1. The maximum Gasteiger partial charge on any atom is 0.282 e. The average molecular weight is 411 g/mol. The summed E-state index contributed by atoms with van der Waals surface area (Å²) in [6.45, 7) is 5.47. The Kier molecular flexibility index (Phi) is 6.31. The molecule has 0 saturated carbocycles. The van der Waals surface area contributed by atoms with Crippen LogP contribution < -0.4 is 0 Å². The number of nitrogens with zero attached hydrogens (tertiary/aromatic N) is 2. The number of piperidine rings is 1. The Morgan fingerprint density at radius 3 is 2.43 bits per heavy atom. The van der Waals surface area contributed by atoms with Gasteiger partial charge in [0.1, 0.15) is 11.3 Å². The minimum Gasteiger partial charge on any atom is -0.509 e. The van der Waals surface area contributed by atoms with Crippen molar-refractivity contribution in [3.63, 3.8) is 0 Å². The quantitative estimate of drug-likeness (QED) is 0.727. The Morgan fingerprint density at radius 2 is 1.82 bits per heavy atom. The summed E-state index contributed by atoms with van der Waals surface area (Å²) in [4.78, 5) is 24.5. The SMILES string of the molecule is COCCON1C(=O)C(c2cc(C)c(Cl)cc2C)=C(O)C12CCN(OC)CC2. The van der Waals surface area contributed by atoms with Gasteiger partial charge in [0.05, 0.1) is 25.9 Å². The second-order valence-electron chi connectivity index (χ2n) is 7.21. The topological polar surface area (TPSA) is 71.5 Å². The van der Waals surface area contributed by atoms with Gasteiger partial charge in [-0.15, -0.1) is 0 Å². The molecule has 3 rings (SSSR count). The molecule has 28 heavy (non-hydrogen) atoms. The number of hydrogen-bond donors (Lipinski definition) is 1. The van der Waals surface area contributed by atoms with E-state index in [1.54, 1.807) is 14.2 Å². The number of carbonyl (C=O) groups excluding carboxylic acids is 1. The van der Waals surface area contributed by atoms with E-state index in [1.165, 1.54) is 5.06 Å². The van der Waals surface area contributed by atoms with Crippen LogP contribution in [0.15, 0.2) is 17.9 Å². The van der Waals surface area contributed by atoms with Crippen LogP contribution in [0.5, 0.6) is 0 Å². The molecule has 1 aromatic rings. The fourth-order valence-electron chi connectivity index (χ4n) is 3.89. The highest BCUT2D eigenvalue weighted by Crippen LogP contribution is 2.46. The number of carbonyl (C=O) groups is 1. The number of ether oxygens (including phenoxy) is 1. The summed E-state index contributed by atoms with van der Waals surface area (Å²) in [5.41, 5.74) is 1.72. The molecule has 2 aliphatic rings. The van der Waals surface area contributed by atoms with Crippen molar-refractivity contribution in [2.24, 2.45) is 0 Å². The van der Waals surface area contributed by atoms with Crippen LogP contribution in [0.2, 0.25) is 5.02 Å². The van der Waals surface area contributed by atoms with E-state index in [-0.39, 0.29) is 23.8 Å². The van der Waals surface area contributed by atoms with E-state index in [0.717, 1.165) is 11.1 Å². The lowest BCUT2D eigenvalue weighted by molar-refractivity contribution is -0.235. The molecule has 2 aliphatic heterocycles. The molecule has 0 aliphatic carbocycles. The van der Waals surface area contributed by atoms with Crippen molar-refractivity contribution in [1.29, 1.82) is 0 Å². The summed E-state index contributed by atoms with van der Waals surface area (Å²) in [6.07, 6.45) is 1.00. The molecule has 1 spiro atoms. The molecule has 0 atom stereocenters. The number of hydrogen-bond acceptors (Lipinski definition) is 6. The van der Waals surface area contributed by atoms with Crippen LogP contribution >= 0.6 is 11.6 Å². The zero-order valence-electron chi connectivity index (χ0n) is 16.7. The van der Waals surface area contributed by atoms with Gasteiger partial charge in [-0.05, 0) is 55.5 Å². The van der Waals surface area contributed by atoms with Crippen LogP contribution in [-0.4, -0.2) is 67.2 Å². The Hall–Kier alpha value is -1.64. The third-order valence-corrected chi connectivity index (χ3v) is 5.96. The highest BCUT2D eigenvalue weighted by molar-refractivity contribution is 6.31. The van der Waals surface area contributed by atoms with Crippen LogP contribution in [-0.2, 0) is 19.2 Å². The number of hydroxylamine groups is 4. The van der Waals surface area contributed by atoms with Gasteiger partial charge in [-0.3, -0.25) is 9.63 Å². The molecule has 0 unspecified atom stereocenters. The summed E-state index contributed by atoms with van der Waals surface area (Å²) in [5.74, 6) is -0.292. The van der Waals surface area contributed by atoms with Crippen LogP contribution in [0, 0.1) is 13.8 Å². The number of aliphatic hydroxyl groups excluding tert-OH is 1. The average Bonchev–Trinajstić information content (AvgIpc) is 2.87. The number of rotatable bonds is 6. The zero-order chi connectivity index (χ0) is 20.5. The third-order valence-electron chi connectivity index (χ3n) is 5.56. The predicted molar refractivity (Wildman–Crippen MR) is 106 cm³/mol. The Morgan fingerprint density at radius 1 is 1.14 bits per heavy atom. The van der Waals surface area contributed by atoms with Gasteiger partial charge in [0.2, 0.25) is 0 Å². The molecular weight excluding hydrogens is 384 g/mol. The summed E-state index contributed by atoms with van der Waals surface area (Å²) in [6, 6.07) is 3.66. The van der Waals surface area contributed by atoms with Gasteiger partial charge in [-0.25, -0.2) is 5.06 Å². The second-order valence-corrected chi connectivity index (χ2v) is 7.62. The van der Waals surface area contributed by atoms with E-state index < -0.39 is 5.54 Å². The molecule has 0 bridgehead atoms. The van der Waals surface area contributed by atoms with Gasteiger partial charge in [-0.2, -0.15) is 5.06 Å². The number of aliphatic hydroxyl groups is 1. The normalized spacial score (nSPS) is 19.9. The second kappa shape index (κ2) is 8.39. The van der Waals surface area contributed by atoms with Crippen molar-refractivity contribution in [1.82, 2.24) is 10.1 Å². The van der Waals surface area contributed by atoms with Crippen LogP contribution in [0.4, 0.5) is 0 Å². The van der Waals surface area contributed by atoms with E-state index in [4.69, 9.17) is 26.0 Å². The first-order chi connectivity index (χ1) is 13.4. The summed E-state index contributed by atoms with van der Waals surface area (Å²) >= 11 is 6.22. The fraction of sp³-hybridized carbons (Fsp3) is 0.550. The molecule has 0 radical (unpaired) electrons. The van der Waals surface area contributed by atoms with Gasteiger partial charge in [0, 0.05) is 25.2 Å². The summed E-state index contributed by atoms with van der Waals surface area (Å²) in [7, 11) is 3.19. The van der Waals surface area contributed by atoms with Gasteiger partial charge >= 0.3 is 0 Å². The highest BCUT2D eigenvalue weighted by Gasteiger charge is 2.55. The fourth-order valence-corrected chi connectivity index (χ4v) is 4.11. The number of aryl methyl sites for hydroxylation is 2. The maximum absolute atomic E-state index is 13.3. The lowest BCUT2D eigenvalue weighted by Gasteiger charge is -2.42. The van der Waals surface area contributed by atoms with Gasteiger partial charge in [0.15, 0.2) is 0 Å². The lowest BCUT2D eigenvalue weighted by Crippen LogP contribution is -2.55. The first-order valence-electron chi connectivity index (χ1n) is 9.32. The lowest BCUT2D eigenvalue weighted by atomic mass is 9.85. The Bertz CT molecular complexity index is 787. The minimum absolute atomic E-state index is 0.0514. The number of methoxy groups -OCH3 is 1. The van der Waals surface area contributed by atoms with E-state index in [9.17, 15) is 9.90 Å². The first kappa shape index (κ1) is 21.1. The molecule has 1 amide bonds. The highest BCUT2D eigenvalue weighted by atomic mass is 35.5. The number of amides is 1. The summed E-state index contributed by atoms with van der Waals surface area (Å²) < 4.78 is 5.05. The molecule has 154 valence electrons. The van der Waals surface area contributed by atoms with Gasteiger partial charge < -0.3 is 14.7 Å². The molecule has 1 aromatic carbocycles. The van der Waals surface area contributed by atoms with Crippen LogP contribution in [0.1, 0.15) is 29.5 Å². The van der Waals surface area contributed by atoms with E-state index in [0.29, 0.717) is 43.1 Å². The molecule has 0 aromatic heterocycles. The third kappa shape index (κ3) is 3.53. The molecule has 7 nitrogen and oxygen atoms in total. The largest absolute Gasteiger partial charge is 0.509 e. The molecule has 1 fully saturated rings. The first-order valence-corrected chi connectivity index (χ1v) is 9.70. The minimum atomic E-state index is -0.908. The molecule has 8 heteroatoms. The monoisotopic (exact) mass is 410 g/mol. The Balaban J connectivity index is 2.04. The van der Waals surface area contributed by atoms with E-state index >= 15 is 0 Å². The molecule has 1 N–H and O–H groups in total. The summed E-state index contributed by atoms with van der Waals surface area (Å²) in [5, 5.41) is 15.1. The van der Waals surface area contributed by atoms with Crippen LogP contribution in [0.3, 0.4) is 0 Å². The van der Waals surface area contributed by atoms with E-state index in [1.807, 2.05) is 31.0 Å². The Labute approximate surface area is 170 Å². The van der Waals surface area contributed by atoms with Gasteiger partial charge in [-0.1, -0.05) is 11.6 Å². The maximum atomic E-state index is 13.3. The van der Waals surface area contributed by atoms with Gasteiger partial charge in [0.25, 0.3) is 5.91 Å². The smallest absolute Gasteiger partial charge is 0.282 e. The van der Waals surface area contributed by atoms with Crippen molar-refractivity contribution < 1.29 is 24.3 Å². The van der Waals surface area contributed by atoms with E-state index in [2.05, 4.69) is 0 Å². The molecular formula is C20H27ClN2O5. The predicted octanol–water partition coefficient (Wildman–Crippen LogP) is 3.04. The van der Waals surface area contributed by atoms with Crippen molar-refractivity contribution in [2.45, 2.75) is 32.2 Å².